The molecule has 0 aromatic carbocycles. The highest BCUT2D eigenvalue weighted by Crippen LogP contribution is 2.48. The number of rotatable bonds is 0. The van der Waals surface area contributed by atoms with E-state index in [0.717, 1.165) is 17.3 Å². The molecule has 1 heteroatoms. The van der Waals surface area contributed by atoms with Gasteiger partial charge in [-0.05, 0) is 56.0 Å². The Balaban J connectivity index is 2.03. The van der Waals surface area contributed by atoms with Crippen molar-refractivity contribution >= 4 is 0 Å². The van der Waals surface area contributed by atoms with Crippen LogP contribution >= 0.6 is 0 Å². The van der Waals surface area contributed by atoms with Gasteiger partial charge in [-0.1, -0.05) is 20.3 Å². The first-order valence-corrected chi connectivity index (χ1v) is 5.94. The fraction of sp³-hybridized carbons (Fsp3) is 1.00. The molecular weight excluding hydrogens is 158 g/mol. The summed E-state index contributed by atoms with van der Waals surface area (Å²) in [6.07, 6.45) is 7.31. The van der Waals surface area contributed by atoms with Crippen LogP contribution in [0.4, 0.5) is 0 Å². The lowest BCUT2D eigenvalue weighted by molar-refractivity contribution is 0.0453. The molecule has 2 unspecified atom stereocenters. The highest BCUT2D eigenvalue weighted by atomic mass is 14.9. The summed E-state index contributed by atoms with van der Waals surface area (Å²) >= 11 is 0. The molecule has 0 radical (unpaired) electrons. The molecule has 0 amide bonds. The average Bonchev–Trinajstić information content (AvgIpc) is 2.14. The zero-order valence-electron chi connectivity index (χ0n) is 9.10. The Morgan fingerprint density at radius 3 is 2.38 bits per heavy atom. The molecule has 1 heterocycles. The molecule has 1 saturated heterocycles. The van der Waals surface area contributed by atoms with E-state index >= 15 is 0 Å². The summed E-state index contributed by atoms with van der Waals surface area (Å²) < 4.78 is 0. The largest absolute Gasteiger partial charge is 0.317 e. The van der Waals surface area contributed by atoms with Crippen LogP contribution in [0.25, 0.3) is 0 Å². The van der Waals surface area contributed by atoms with Gasteiger partial charge < -0.3 is 5.32 Å². The lowest BCUT2D eigenvalue weighted by atomic mass is 9.60. The summed E-state index contributed by atoms with van der Waals surface area (Å²) in [6.45, 7) is 7.43. The van der Waals surface area contributed by atoms with Crippen LogP contribution in [-0.4, -0.2) is 13.1 Å². The van der Waals surface area contributed by atoms with E-state index in [1.54, 1.807) is 0 Å². The van der Waals surface area contributed by atoms with Gasteiger partial charge in [-0.3, -0.25) is 0 Å². The SMILES string of the molecule is CC1CCC2(CCNCC2)C(C)C1. The van der Waals surface area contributed by atoms with Crippen molar-refractivity contribution in [3.05, 3.63) is 0 Å². The zero-order chi connectivity index (χ0) is 9.31. The second-order valence-electron chi connectivity index (χ2n) is 5.39. The van der Waals surface area contributed by atoms with Gasteiger partial charge >= 0.3 is 0 Å². The maximum Gasteiger partial charge on any atom is -0.00435 e. The highest BCUT2D eigenvalue weighted by molar-refractivity contribution is 4.92. The average molecular weight is 181 g/mol. The first-order valence-electron chi connectivity index (χ1n) is 5.94. The van der Waals surface area contributed by atoms with Gasteiger partial charge in [-0.15, -0.1) is 0 Å². The van der Waals surface area contributed by atoms with Gasteiger partial charge in [0.25, 0.3) is 0 Å². The van der Waals surface area contributed by atoms with Gasteiger partial charge in [-0.25, -0.2) is 0 Å². The minimum absolute atomic E-state index is 0.734. The van der Waals surface area contributed by atoms with E-state index in [0.29, 0.717) is 0 Å². The third kappa shape index (κ3) is 1.76. The van der Waals surface area contributed by atoms with Crippen LogP contribution in [0.2, 0.25) is 0 Å². The summed E-state index contributed by atoms with van der Waals surface area (Å²) in [5.41, 5.74) is 0.734. The topological polar surface area (TPSA) is 12.0 Å². The van der Waals surface area contributed by atoms with E-state index in [9.17, 15) is 0 Å². The lowest BCUT2D eigenvalue weighted by Crippen LogP contribution is -2.43. The van der Waals surface area contributed by atoms with Crippen LogP contribution in [-0.2, 0) is 0 Å². The standard InChI is InChI=1S/C12H23N/c1-10-3-4-12(11(2)9-10)5-7-13-8-6-12/h10-11,13H,3-9H2,1-2H3. The van der Waals surface area contributed by atoms with Gasteiger partial charge in [0.15, 0.2) is 0 Å². The van der Waals surface area contributed by atoms with Crippen molar-refractivity contribution in [2.24, 2.45) is 17.3 Å². The number of hydrogen-bond donors (Lipinski definition) is 1. The molecule has 1 nitrogen and oxygen atoms in total. The van der Waals surface area contributed by atoms with Gasteiger partial charge in [0.1, 0.15) is 0 Å². The van der Waals surface area contributed by atoms with E-state index in [-0.39, 0.29) is 0 Å². The summed E-state index contributed by atoms with van der Waals surface area (Å²) in [5, 5.41) is 3.49. The Bertz CT molecular complexity index is 170. The molecule has 76 valence electrons. The van der Waals surface area contributed by atoms with Crippen molar-refractivity contribution in [1.82, 2.24) is 5.32 Å². The van der Waals surface area contributed by atoms with E-state index in [2.05, 4.69) is 19.2 Å². The molecule has 1 aliphatic heterocycles. The molecule has 1 spiro atoms. The molecule has 2 rings (SSSR count). The smallest absolute Gasteiger partial charge is 0.00435 e. The van der Waals surface area contributed by atoms with Crippen molar-refractivity contribution in [1.29, 1.82) is 0 Å². The first kappa shape index (κ1) is 9.51. The molecule has 2 atom stereocenters. The van der Waals surface area contributed by atoms with Crippen molar-refractivity contribution in [2.45, 2.75) is 46.0 Å². The fourth-order valence-electron chi connectivity index (χ4n) is 3.42. The van der Waals surface area contributed by atoms with E-state index < -0.39 is 0 Å². The van der Waals surface area contributed by atoms with Gasteiger partial charge in [0, 0.05) is 0 Å². The minimum Gasteiger partial charge on any atom is -0.317 e. The molecule has 0 bridgehead atoms. The molecule has 2 fully saturated rings. The van der Waals surface area contributed by atoms with Crippen LogP contribution < -0.4 is 5.32 Å². The predicted octanol–water partition coefficient (Wildman–Crippen LogP) is 2.81. The third-order valence-electron chi connectivity index (χ3n) is 4.54. The van der Waals surface area contributed by atoms with Crippen LogP contribution in [0, 0.1) is 17.3 Å². The molecule has 13 heavy (non-hydrogen) atoms. The minimum atomic E-state index is 0.734. The Kier molecular flexibility index (Phi) is 2.64. The molecule has 0 aromatic heterocycles. The fourth-order valence-corrected chi connectivity index (χ4v) is 3.42. The van der Waals surface area contributed by atoms with Crippen LogP contribution in [0.5, 0.6) is 0 Å². The monoisotopic (exact) mass is 181 g/mol. The van der Waals surface area contributed by atoms with Gasteiger partial charge in [0.05, 0.1) is 0 Å². The summed E-state index contributed by atoms with van der Waals surface area (Å²) in [7, 11) is 0. The summed E-state index contributed by atoms with van der Waals surface area (Å²) in [6, 6.07) is 0. The number of piperidine rings is 1. The number of nitrogens with one attached hydrogen (secondary N) is 1. The van der Waals surface area contributed by atoms with Crippen LogP contribution in [0.1, 0.15) is 46.0 Å². The third-order valence-corrected chi connectivity index (χ3v) is 4.54. The highest BCUT2D eigenvalue weighted by Gasteiger charge is 2.40. The molecule has 1 N–H and O–H groups in total. The molecule has 1 saturated carbocycles. The van der Waals surface area contributed by atoms with E-state index in [4.69, 9.17) is 0 Å². The Morgan fingerprint density at radius 1 is 1.08 bits per heavy atom. The number of hydrogen-bond acceptors (Lipinski definition) is 1. The Morgan fingerprint density at radius 2 is 1.77 bits per heavy atom. The first-order chi connectivity index (χ1) is 6.23. The maximum atomic E-state index is 3.49. The quantitative estimate of drug-likeness (QED) is 0.606. The van der Waals surface area contributed by atoms with Gasteiger partial charge in [-0.2, -0.15) is 0 Å². The summed E-state index contributed by atoms with van der Waals surface area (Å²) in [5.74, 6) is 1.95. The van der Waals surface area contributed by atoms with Crippen molar-refractivity contribution in [3.63, 3.8) is 0 Å². The second-order valence-corrected chi connectivity index (χ2v) is 5.39. The lowest BCUT2D eigenvalue weighted by Gasteiger charge is -2.47. The van der Waals surface area contributed by atoms with Crippen molar-refractivity contribution < 1.29 is 0 Å². The maximum absolute atomic E-state index is 3.49. The van der Waals surface area contributed by atoms with Gasteiger partial charge in [0.2, 0.25) is 0 Å². The van der Waals surface area contributed by atoms with Crippen molar-refractivity contribution in [2.75, 3.05) is 13.1 Å². The van der Waals surface area contributed by atoms with Crippen LogP contribution in [0.15, 0.2) is 0 Å². The Labute approximate surface area is 82.3 Å². The molecular formula is C12H23N. The van der Waals surface area contributed by atoms with Crippen molar-refractivity contribution in [3.8, 4) is 0 Å². The van der Waals surface area contributed by atoms with E-state index in [1.165, 1.54) is 45.2 Å². The molecule has 2 aliphatic rings. The normalized spacial score (nSPS) is 39.2. The Hall–Kier alpha value is -0.0400. The summed E-state index contributed by atoms with van der Waals surface area (Å²) in [4.78, 5) is 0. The zero-order valence-corrected chi connectivity index (χ0v) is 9.10. The predicted molar refractivity (Wildman–Crippen MR) is 56.7 cm³/mol. The molecule has 1 aliphatic carbocycles. The molecule has 0 aromatic rings. The van der Waals surface area contributed by atoms with Crippen LogP contribution in [0.3, 0.4) is 0 Å². The van der Waals surface area contributed by atoms with E-state index in [1.807, 2.05) is 0 Å². The second kappa shape index (κ2) is 3.61.